The predicted molar refractivity (Wildman–Crippen MR) is 36.5 cm³/mol. The van der Waals surface area contributed by atoms with Crippen molar-refractivity contribution in [3.63, 3.8) is 0 Å². The zero-order valence-corrected chi connectivity index (χ0v) is 6.32. The third-order valence-electron chi connectivity index (χ3n) is 1.33. The first kappa shape index (κ1) is 7.18. The monoisotopic (exact) mass is 149 g/mol. The molecule has 0 aliphatic carbocycles. The Labute approximate surface area is 57.6 Å². The van der Waals surface area contributed by atoms with E-state index in [1.165, 1.54) is 0 Å². The van der Waals surface area contributed by atoms with Crippen LogP contribution >= 0.6 is 0 Å². The van der Waals surface area contributed by atoms with E-state index in [1.807, 2.05) is 4.31 Å². The van der Waals surface area contributed by atoms with Gasteiger partial charge in [-0.05, 0) is 0 Å². The summed E-state index contributed by atoms with van der Waals surface area (Å²) in [4.78, 5) is 0. The van der Waals surface area contributed by atoms with E-state index in [9.17, 15) is 4.21 Å². The molecular weight excluding hydrogens is 138 g/mol. The molecule has 1 aliphatic rings. The van der Waals surface area contributed by atoms with Gasteiger partial charge in [0, 0.05) is 19.3 Å². The maximum absolute atomic E-state index is 10.8. The molecule has 0 spiro atoms. The Balaban J connectivity index is 2.31. The van der Waals surface area contributed by atoms with Crippen molar-refractivity contribution >= 4 is 11.0 Å². The van der Waals surface area contributed by atoms with E-state index in [0.29, 0.717) is 0 Å². The lowest BCUT2D eigenvalue weighted by Gasteiger charge is -2.23. The van der Waals surface area contributed by atoms with E-state index >= 15 is 0 Å². The molecule has 9 heavy (non-hydrogen) atoms. The second-order valence-corrected chi connectivity index (χ2v) is 3.33. The standard InChI is InChI=1S/C5H11NO2S/c1-9(7)6-2-4-8-5-3-6/h2-5H2,1H3. The molecule has 1 aliphatic heterocycles. The first-order chi connectivity index (χ1) is 4.30. The highest BCUT2D eigenvalue weighted by molar-refractivity contribution is 7.81. The van der Waals surface area contributed by atoms with Crippen LogP contribution in [0.5, 0.6) is 0 Å². The molecule has 0 amide bonds. The summed E-state index contributed by atoms with van der Waals surface area (Å²) in [6.45, 7) is 3.06. The zero-order valence-electron chi connectivity index (χ0n) is 5.50. The van der Waals surface area contributed by atoms with Gasteiger partial charge in [-0.25, -0.2) is 8.51 Å². The Hall–Kier alpha value is 0.0700. The molecule has 0 aromatic heterocycles. The fraction of sp³-hybridized carbons (Fsp3) is 1.00. The molecule has 4 heteroatoms. The lowest BCUT2D eigenvalue weighted by molar-refractivity contribution is 0.0754. The maximum atomic E-state index is 10.8. The van der Waals surface area contributed by atoms with E-state index < -0.39 is 11.0 Å². The van der Waals surface area contributed by atoms with Crippen LogP contribution in [0.2, 0.25) is 0 Å². The molecule has 1 heterocycles. The van der Waals surface area contributed by atoms with Gasteiger partial charge in [0.05, 0.1) is 24.2 Å². The number of hydrogen-bond donors (Lipinski definition) is 0. The van der Waals surface area contributed by atoms with Gasteiger partial charge in [0.25, 0.3) is 0 Å². The first-order valence-electron chi connectivity index (χ1n) is 2.97. The van der Waals surface area contributed by atoms with Gasteiger partial charge in [0.1, 0.15) is 0 Å². The lowest BCUT2D eigenvalue weighted by atomic mass is 10.5. The third kappa shape index (κ3) is 2.04. The molecule has 1 rings (SSSR count). The molecule has 0 radical (unpaired) electrons. The van der Waals surface area contributed by atoms with Crippen molar-refractivity contribution in [2.24, 2.45) is 0 Å². The molecule has 1 fully saturated rings. The van der Waals surface area contributed by atoms with E-state index in [2.05, 4.69) is 0 Å². The molecule has 0 saturated carbocycles. The van der Waals surface area contributed by atoms with E-state index in [1.54, 1.807) is 6.26 Å². The predicted octanol–water partition coefficient (Wildman–Crippen LogP) is -0.388. The molecule has 0 bridgehead atoms. The third-order valence-corrected chi connectivity index (χ3v) is 2.43. The second kappa shape index (κ2) is 3.29. The summed E-state index contributed by atoms with van der Waals surface area (Å²) in [5, 5.41) is 0. The molecule has 1 unspecified atom stereocenters. The van der Waals surface area contributed by atoms with Crippen molar-refractivity contribution in [1.29, 1.82) is 0 Å². The van der Waals surface area contributed by atoms with Gasteiger partial charge in [-0.2, -0.15) is 0 Å². The maximum Gasteiger partial charge on any atom is 0.0912 e. The minimum absolute atomic E-state index is 0.722. The van der Waals surface area contributed by atoms with Crippen LogP contribution in [0.4, 0.5) is 0 Å². The molecule has 1 saturated heterocycles. The molecule has 54 valence electrons. The summed E-state index contributed by atoms with van der Waals surface area (Å²) in [5.41, 5.74) is 0. The second-order valence-electron chi connectivity index (χ2n) is 1.97. The van der Waals surface area contributed by atoms with Crippen LogP contribution in [-0.2, 0) is 15.7 Å². The highest BCUT2D eigenvalue weighted by Crippen LogP contribution is 1.97. The van der Waals surface area contributed by atoms with E-state index in [-0.39, 0.29) is 0 Å². The summed E-state index contributed by atoms with van der Waals surface area (Å²) < 4.78 is 17.8. The van der Waals surface area contributed by atoms with Crippen molar-refractivity contribution in [3.8, 4) is 0 Å². The van der Waals surface area contributed by atoms with E-state index in [4.69, 9.17) is 4.74 Å². The van der Waals surface area contributed by atoms with Gasteiger partial charge in [-0.1, -0.05) is 0 Å². The van der Waals surface area contributed by atoms with Crippen LogP contribution in [0.1, 0.15) is 0 Å². The molecular formula is C5H11NO2S. The molecule has 0 aromatic carbocycles. The Morgan fingerprint density at radius 1 is 1.44 bits per heavy atom. The van der Waals surface area contributed by atoms with Gasteiger partial charge in [0.15, 0.2) is 0 Å². The van der Waals surface area contributed by atoms with Gasteiger partial charge >= 0.3 is 0 Å². The van der Waals surface area contributed by atoms with Crippen molar-refractivity contribution in [3.05, 3.63) is 0 Å². The fourth-order valence-electron chi connectivity index (χ4n) is 0.804. The molecule has 0 N–H and O–H groups in total. The van der Waals surface area contributed by atoms with Crippen LogP contribution in [-0.4, -0.2) is 41.1 Å². The number of nitrogens with zero attached hydrogens (tertiary/aromatic N) is 1. The van der Waals surface area contributed by atoms with Crippen LogP contribution in [0.3, 0.4) is 0 Å². The first-order valence-corrected chi connectivity index (χ1v) is 4.48. The summed E-state index contributed by atoms with van der Waals surface area (Å²) in [6.07, 6.45) is 1.70. The molecule has 1 atom stereocenters. The number of ether oxygens (including phenoxy) is 1. The van der Waals surface area contributed by atoms with Crippen molar-refractivity contribution in [2.75, 3.05) is 32.6 Å². The summed E-state index contributed by atoms with van der Waals surface area (Å²) >= 11 is 0. The highest BCUT2D eigenvalue weighted by atomic mass is 32.2. The normalized spacial score (nSPS) is 25.9. The lowest BCUT2D eigenvalue weighted by Crippen LogP contribution is -2.36. The topological polar surface area (TPSA) is 29.5 Å². The number of morpholine rings is 1. The largest absolute Gasteiger partial charge is 0.379 e. The summed E-state index contributed by atoms with van der Waals surface area (Å²) in [5.74, 6) is 0. The van der Waals surface area contributed by atoms with Gasteiger partial charge in [0.2, 0.25) is 0 Å². The highest BCUT2D eigenvalue weighted by Gasteiger charge is 2.11. The number of hydrogen-bond acceptors (Lipinski definition) is 2. The van der Waals surface area contributed by atoms with Gasteiger partial charge in [-0.3, -0.25) is 0 Å². The van der Waals surface area contributed by atoms with Crippen molar-refractivity contribution < 1.29 is 8.95 Å². The SMILES string of the molecule is CS(=O)N1CCOCC1. The minimum atomic E-state index is -0.799. The average molecular weight is 149 g/mol. The van der Waals surface area contributed by atoms with Crippen LogP contribution in [0.15, 0.2) is 0 Å². The Kier molecular flexibility index (Phi) is 2.63. The number of rotatable bonds is 1. The van der Waals surface area contributed by atoms with Gasteiger partial charge < -0.3 is 4.74 Å². The Morgan fingerprint density at radius 3 is 2.33 bits per heavy atom. The molecule has 3 nitrogen and oxygen atoms in total. The smallest absolute Gasteiger partial charge is 0.0912 e. The quantitative estimate of drug-likeness (QED) is 0.508. The van der Waals surface area contributed by atoms with Crippen LogP contribution in [0, 0.1) is 0 Å². The van der Waals surface area contributed by atoms with Crippen LogP contribution < -0.4 is 0 Å². The fourth-order valence-corrected chi connectivity index (χ4v) is 1.47. The van der Waals surface area contributed by atoms with Crippen LogP contribution in [0.25, 0.3) is 0 Å². The average Bonchev–Trinajstić information content (AvgIpc) is 1.90. The van der Waals surface area contributed by atoms with Crippen molar-refractivity contribution in [1.82, 2.24) is 4.31 Å². The Bertz CT molecular complexity index is 112. The summed E-state index contributed by atoms with van der Waals surface area (Å²) in [6, 6.07) is 0. The van der Waals surface area contributed by atoms with Crippen molar-refractivity contribution in [2.45, 2.75) is 0 Å². The van der Waals surface area contributed by atoms with Gasteiger partial charge in [-0.15, -0.1) is 0 Å². The summed E-state index contributed by atoms with van der Waals surface area (Å²) in [7, 11) is -0.799. The zero-order chi connectivity index (χ0) is 6.69. The van der Waals surface area contributed by atoms with E-state index in [0.717, 1.165) is 26.3 Å². The minimum Gasteiger partial charge on any atom is -0.379 e. The Morgan fingerprint density at radius 2 is 2.00 bits per heavy atom. The molecule has 0 aromatic rings.